The number of carbonyl (C=O) groups excluding carboxylic acids is 2. The van der Waals surface area contributed by atoms with Gasteiger partial charge in [0.15, 0.2) is 6.10 Å². The van der Waals surface area contributed by atoms with Crippen LogP contribution in [0.15, 0.2) is 52.9 Å². The van der Waals surface area contributed by atoms with E-state index in [0.717, 1.165) is 0 Å². The first-order valence-corrected chi connectivity index (χ1v) is 8.67. The van der Waals surface area contributed by atoms with Crippen LogP contribution >= 0.6 is 0 Å². The number of nitrogens with zero attached hydrogens (tertiary/aromatic N) is 2. The second-order valence-corrected chi connectivity index (χ2v) is 6.00. The molecule has 0 aliphatic rings. The number of rotatable bonds is 7. The zero-order chi connectivity index (χ0) is 20.8. The number of esters is 1. The molecular formula is C20H18FN3O5. The average Bonchev–Trinajstić information content (AvgIpc) is 3.23. The van der Waals surface area contributed by atoms with Crippen LogP contribution < -0.4 is 10.1 Å². The summed E-state index contributed by atoms with van der Waals surface area (Å²) in [6.07, 6.45) is -0.821. The lowest BCUT2D eigenvalue weighted by Gasteiger charge is -2.10. The molecule has 3 aromatic rings. The van der Waals surface area contributed by atoms with E-state index in [2.05, 4.69) is 15.5 Å². The van der Waals surface area contributed by atoms with Gasteiger partial charge in [-0.1, -0.05) is 6.07 Å². The van der Waals surface area contributed by atoms with Gasteiger partial charge in [0.2, 0.25) is 5.89 Å². The Bertz CT molecular complexity index is 1000. The Kier molecular flexibility index (Phi) is 6.18. The van der Waals surface area contributed by atoms with Crippen molar-refractivity contribution in [3.05, 3.63) is 65.8 Å². The second-order valence-electron chi connectivity index (χ2n) is 6.00. The standard InChI is InChI=1S/C20H18FN3O5/c1-12(19-23-24-20(29-19)13-6-8-15(21)9-7-13)28-17(25)11-22-18(26)14-4-3-5-16(10-14)27-2/h3-10,12H,11H2,1-2H3,(H,22,26)/t12-/m1/s1. The number of methoxy groups -OCH3 is 1. The summed E-state index contributed by atoms with van der Waals surface area (Å²) in [7, 11) is 1.49. The molecule has 1 aromatic heterocycles. The average molecular weight is 399 g/mol. The molecule has 150 valence electrons. The molecule has 9 heteroatoms. The lowest BCUT2D eigenvalue weighted by atomic mass is 10.2. The fourth-order valence-electron chi connectivity index (χ4n) is 2.42. The number of halogens is 1. The number of benzene rings is 2. The summed E-state index contributed by atoms with van der Waals surface area (Å²) < 4.78 is 28.7. The van der Waals surface area contributed by atoms with E-state index in [4.69, 9.17) is 13.9 Å². The molecule has 0 unspecified atom stereocenters. The van der Waals surface area contributed by atoms with E-state index in [1.54, 1.807) is 31.2 Å². The molecule has 1 atom stereocenters. The van der Waals surface area contributed by atoms with Gasteiger partial charge in [-0.05, 0) is 49.4 Å². The van der Waals surface area contributed by atoms with E-state index in [1.807, 2.05) is 0 Å². The first kappa shape index (κ1) is 20.0. The highest BCUT2D eigenvalue weighted by Crippen LogP contribution is 2.22. The Balaban J connectivity index is 1.54. The van der Waals surface area contributed by atoms with Crippen LogP contribution in [-0.2, 0) is 9.53 Å². The molecule has 0 radical (unpaired) electrons. The van der Waals surface area contributed by atoms with Gasteiger partial charge in [-0.3, -0.25) is 9.59 Å². The summed E-state index contributed by atoms with van der Waals surface area (Å²) in [5.41, 5.74) is 0.889. The van der Waals surface area contributed by atoms with Gasteiger partial charge in [0.25, 0.3) is 11.8 Å². The SMILES string of the molecule is COc1cccc(C(=O)NCC(=O)O[C@H](C)c2nnc(-c3ccc(F)cc3)o2)c1. The number of amides is 1. The molecule has 3 rings (SSSR count). The van der Waals surface area contributed by atoms with Crippen LogP contribution in [0.2, 0.25) is 0 Å². The van der Waals surface area contributed by atoms with E-state index >= 15 is 0 Å². The summed E-state index contributed by atoms with van der Waals surface area (Å²) in [5.74, 6) is -0.708. The normalized spacial score (nSPS) is 11.6. The minimum atomic E-state index is -0.821. The maximum absolute atomic E-state index is 13.0. The maximum atomic E-state index is 13.0. The zero-order valence-corrected chi connectivity index (χ0v) is 15.7. The maximum Gasteiger partial charge on any atom is 0.326 e. The van der Waals surface area contributed by atoms with E-state index in [0.29, 0.717) is 16.9 Å². The highest BCUT2D eigenvalue weighted by molar-refractivity contribution is 5.96. The van der Waals surface area contributed by atoms with Gasteiger partial charge in [-0.2, -0.15) is 0 Å². The van der Waals surface area contributed by atoms with Gasteiger partial charge in [-0.15, -0.1) is 10.2 Å². The third kappa shape index (κ3) is 5.16. The van der Waals surface area contributed by atoms with Crippen LogP contribution in [0.4, 0.5) is 4.39 Å². The molecule has 0 saturated carbocycles. The molecule has 29 heavy (non-hydrogen) atoms. The molecular weight excluding hydrogens is 381 g/mol. The van der Waals surface area contributed by atoms with Crippen molar-refractivity contribution < 1.29 is 27.9 Å². The molecule has 0 spiro atoms. The first-order valence-electron chi connectivity index (χ1n) is 8.67. The Hall–Kier alpha value is -3.75. The molecule has 8 nitrogen and oxygen atoms in total. The first-order chi connectivity index (χ1) is 14.0. The Morgan fingerprint density at radius 3 is 2.66 bits per heavy atom. The van der Waals surface area contributed by atoms with Crippen LogP contribution in [0.1, 0.15) is 29.3 Å². The van der Waals surface area contributed by atoms with Crippen LogP contribution in [0.5, 0.6) is 5.75 Å². The second kappa shape index (κ2) is 8.96. The lowest BCUT2D eigenvalue weighted by Crippen LogP contribution is -2.31. The summed E-state index contributed by atoms with van der Waals surface area (Å²) in [4.78, 5) is 24.1. The predicted molar refractivity (Wildman–Crippen MR) is 99.5 cm³/mol. The largest absolute Gasteiger partial charge is 0.497 e. The minimum absolute atomic E-state index is 0.0804. The van der Waals surface area contributed by atoms with E-state index < -0.39 is 18.0 Å². The van der Waals surface area contributed by atoms with Crippen LogP contribution in [0.25, 0.3) is 11.5 Å². The molecule has 1 heterocycles. The molecule has 1 N–H and O–H groups in total. The van der Waals surface area contributed by atoms with E-state index in [9.17, 15) is 14.0 Å². The van der Waals surface area contributed by atoms with E-state index in [1.165, 1.54) is 31.4 Å². The van der Waals surface area contributed by atoms with Crippen molar-refractivity contribution >= 4 is 11.9 Å². The van der Waals surface area contributed by atoms with Crippen LogP contribution in [0.3, 0.4) is 0 Å². The molecule has 2 aromatic carbocycles. The molecule has 0 aliphatic carbocycles. The third-order valence-corrected chi connectivity index (χ3v) is 3.91. The van der Waals surface area contributed by atoms with Crippen molar-refractivity contribution in [2.45, 2.75) is 13.0 Å². The fraction of sp³-hybridized carbons (Fsp3) is 0.200. The summed E-state index contributed by atoms with van der Waals surface area (Å²) in [6.45, 7) is 1.23. The molecule has 0 bridgehead atoms. The quantitative estimate of drug-likeness (QED) is 0.609. The van der Waals surface area contributed by atoms with Gasteiger partial charge in [0.05, 0.1) is 7.11 Å². The van der Waals surface area contributed by atoms with Crippen LogP contribution in [-0.4, -0.2) is 35.7 Å². The van der Waals surface area contributed by atoms with Gasteiger partial charge in [0, 0.05) is 11.1 Å². The van der Waals surface area contributed by atoms with E-state index in [-0.39, 0.29) is 24.1 Å². The zero-order valence-electron chi connectivity index (χ0n) is 15.7. The minimum Gasteiger partial charge on any atom is -0.497 e. The van der Waals surface area contributed by atoms with Gasteiger partial charge >= 0.3 is 5.97 Å². The van der Waals surface area contributed by atoms with Crippen molar-refractivity contribution in [1.29, 1.82) is 0 Å². The van der Waals surface area contributed by atoms with Gasteiger partial charge in [0.1, 0.15) is 18.1 Å². The van der Waals surface area contributed by atoms with Gasteiger partial charge in [-0.25, -0.2) is 4.39 Å². The van der Waals surface area contributed by atoms with Gasteiger partial charge < -0.3 is 19.2 Å². The third-order valence-electron chi connectivity index (χ3n) is 3.91. The summed E-state index contributed by atoms with van der Waals surface area (Å²) >= 11 is 0. The number of ether oxygens (including phenoxy) is 2. The molecule has 1 amide bonds. The number of nitrogens with one attached hydrogen (secondary N) is 1. The molecule has 0 fully saturated rings. The highest BCUT2D eigenvalue weighted by Gasteiger charge is 2.19. The predicted octanol–water partition coefficient (Wildman–Crippen LogP) is 2.92. The number of hydrogen-bond donors (Lipinski definition) is 1. The number of hydrogen-bond acceptors (Lipinski definition) is 7. The summed E-state index contributed by atoms with van der Waals surface area (Å²) in [6, 6.07) is 12.1. The van der Waals surface area contributed by atoms with Crippen molar-refractivity contribution in [2.75, 3.05) is 13.7 Å². The molecule has 0 saturated heterocycles. The Morgan fingerprint density at radius 2 is 1.93 bits per heavy atom. The highest BCUT2D eigenvalue weighted by atomic mass is 19.1. The smallest absolute Gasteiger partial charge is 0.326 e. The summed E-state index contributed by atoms with van der Waals surface area (Å²) in [5, 5.41) is 10.2. The topological polar surface area (TPSA) is 104 Å². The molecule has 0 aliphatic heterocycles. The monoisotopic (exact) mass is 399 g/mol. The Labute approximate surface area is 165 Å². The Morgan fingerprint density at radius 1 is 1.17 bits per heavy atom. The van der Waals surface area contributed by atoms with Crippen LogP contribution in [0, 0.1) is 5.82 Å². The fourth-order valence-corrected chi connectivity index (χ4v) is 2.42. The van der Waals surface area contributed by atoms with Crippen molar-refractivity contribution in [3.63, 3.8) is 0 Å². The number of aromatic nitrogens is 2. The lowest BCUT2D eigenvalue weighted by molar-refractivity contribution is -0.148. The number of carbonyl (C=O) groups is 2. The van der Waals surface area contributed by atoms with Crippen molar-refractivity contribution in [2.24, 2.45) is 0 Å². The van der Waals surface area contributed by atoms with Crippen molar-refractivity contribution in [1.82, 2.24) is 15.5 Å². The van der Waals surface area contributed by atoms with Crippen molar-refractivity contribution in [3.8, 4) is 17.2 Å².